The van der Waals surface area contributed by atoms with Crippen molar-refractivity contribution in [2.75, 3.05) is 13.1 Å². The van der Waals surface area contributed by atoms with Gasteiger partial charge in [0.05, 0.1) is 16.4 Å². The predicted octanol–water partition coefficient (Wildman–Crippen LogP) is 3.67. The number of ether oxygens (including phenoxy) is 1. The lowest BCUT2D eigenvalue weighted by molar-refractivity contribution is -0.151. The van der Waals surface area contributed by atoms with Crippen molar-refractivity contribution in [1.29, 1.82) is 0 Å². The molecule has 1 fully saturated rings. The third kappa shape index (κ3) is 4.54. The highest BCUT2D eigenvalue weighted by Gasteiger charge is 2.33. The van der Waals surface area contributed by atoms with Gasteiger partial charge in [0.2, 0.25) is 15.8 Å². The molecule has 3 rings (SSSR count). The quantitative estimate of drug-likeness (QED) is 0.292. The summed E-state index contributed by atoms with van der Waals surface area (Å²) in [4.78, 5) is 12.0. The van der Waals surface area contributed by atoms with Crippen LogP contribution in [0.2, 0.25) is 0 Å². The molecular weight excluding hydrogens is 452 g/mol. The molecule has 0 unspecified atom stereocenters. The van der Waals surface area contributed by atoms with Crippen LogP contribution in [0.4, 0.5) is 26.3 Å². The maximum Gasteiger partial charge on any atom is 0.309 e. The van der Waals surface area contributed by atoms with Crippen LogP contribution in [0.1, 0.15) is 18.4 Å². The summed E-state index contributed by atoms with van der Waals surface area (Å²) in [5, 5.41) is 0. The number of hydrogen-bond donors (Lipinski definition) is 0. The molecule has 0 saturated carbocycles. The predicted molar refractivity (Wildman–Crippen MR) is 93.9 cm³/mol. The molecule has 1 aliphatic heterocycles. The van der Waals surface area contributed by atoms with E-state index in [0.29, 0.717) is 0 Å². The highest BCUT2D eigenvalue weighted by atomic mass is 32.2. The second-order valence-electron chi connectivity index (χ2n) is 6.79. The van der Waals surface area contributed by atoms with Crippen LogP contribution in [0.25, 0.3) is 0 Å². The zero-order valence-corrected chi connectivity index (χ0v) is 16.5. The number of hydrogen-bond acceptors (Lipinski definition) is 4. The van der Waals surface area contributed by atoms with E-state index in [4.69, 9.17) is 4.74 Å². The molecular formula is C19H15F6NO4S. The van der Waals surface area contributed by atoms with Crippen molar-refractivity contribution in [3.05, 3.63) is 64.7 Å². The fraction of sp³-hybridized carbons (Fsp3) is 0.316. The van der Waals surface area contributed by atoms with Gasteiger partial charge in [0.1, 0.15) is 12.4 Å². The molecule has 12 heteroatoms. The maximum atomic E-state index is 13.7. The van der Waals surface area contributed by atoms with Gasteiger partial charge in [0.25, 0.3) is 0 Å². The lowest BCUT2D eigenvalue weighted by Gasteiger charge is -2.30. The van der Waals surface area contributed by atoms with Crippen LogP contribution in [0, 0.1) is 40.8 Å². The summed E-state index contributed by atoms with van der Waals surface area (Å²) >= 11 is 0. The SMILES string of the molecule is O=C(OCc1c(F)c(F)c(F)c(F)c1F)C1CCN(S(=O)(=O)c2ccc(F)cc2)CC1. The Bertz CT molecular complexity index is 1070. The molecule has 1 heterocycles. The molecule has 2 aromatic carbocycles. The van der Waals surface area contributed by atoms with Gasteiger partial charge in [-0.05, 0) is 37.1 Å². The lowest BCUT2D eigenvalue weighted by atomic mass is 9.98. The molecule has 0 atom stereocenters. The van der Waals surface area contributed by atoms with E-state index in [9.17, 15) is 39.6 Å². The van der Waals surface area contributed by atoms with Crippen LogP contribution in [-0.2, 0) is 26.2 Å². The Balaban J connectivity index is 1.62. The van der Waals surface area contributed by atoms with Crippen molar-refractivity contribution in [2.45, 2.75) is 24.3 Å². The summed E-state index contributed by atoms with van der Waals surface area (Å²) < 4.78 is 111. The lowest BCUT2D eigenvalue weighted by Crippen LogP contribution is -2.40. The topological polar surface area (TPSA) is 63.7 Å². The second kappa shape index (κ2) is 8.87. The van der Waals surface area contributed by atoms with E-state index >= 15 is 0 Å². The minimum absolute atomic E-state index is 0.0103. The number of sulfonamides is 1. The van der Waals surface area contributed by atoms with Gasteiger partial charge in [0.15, 0.2) is 23.3 Å². The summed E-state index contributed by atoms with van der Waals surface area (Å²) in [5.41, 5.74) is -1.28. The van der Waals surface area contributed by atoms with Gasteiger partial charge < -0.3 is 4.74 Å². The van der Waals surface area contributed by atoms with Crippen molar-refractivity contribution in [3.8, 4) is 0 Å². The number of piperidine rings is 1. The Hall–Kier alpha value is -2.60. The Morgan fingerprint density at radius 1 is 0.871 bits per heavy atom. The first-order valence-corrected chi connectivity index (χ1v) is 10.4. The summed E-state index contributed by atoms with van der Waals surface area (Å²) in [6, 6.07) is 4.21. The number of nitrogens with zero attached hydrogens (tertiary/aromatic N) is 1. The second-order valence-corrected chi connectivity index (χ2v) is 8.73. The minimum Gasteiger partial charge on any atom is -0.460 e. The number of benzene rings is 2. The summed E-state index contributed by atoms with van der Waals surface area (Å²) in [7, 11) is -3.91. The molecule has 31 heavy (non-hydrogen) atoms. The normalized spacial score (nSPS) is 15.8. The van der Waals surface area contributed by atoms with Crippen molar-refractivity contribution >= 4 is 16.0 Å². The highest BCUT2D eigenvalue weighted by molar-refractivity contribution is 7.89. The average Bonchev–Trinajstić information content (AvgIpc) is 2.76. The number of rotatable bonds is 5. The molecule has 0 spiro atoms. The van der Waals surface area contributed by atoms with Gasteiger partial charge in [-0.2, -0.15) is 4.31 Å². The third-order valence-corrected chi connectivity index (χ3v) is 6.81. The Kier molecular flexibility index (Phi) is 6.60. The van der Waals surface area contributed by atoms with E-state index in [1.807, 2.05) is 0 Å². The molecule has 0 N–H and O–H groups in total. The van der Waals surface area contributed by atoms with Gasteiger partial charge in [-0.25, -0.2) is 34.8 Å². The van der Waals surface area contributed by atoms with E-state index in [1.54, 1.807) is 0 Å². The fourth-order valence-corrected chi connectivity index (χ4v) is 4.60. The van der Waals surface area contributed by atoms with Gasteiger partial charge in [0, 0.05) is 13.1 Å². The zero-order valence-electron chi connectivity index (χ0n) is 15.7. The molecule has 1 aliphatic rings. The van der Waals surface area contributed by atoms with Crippen LogP contribution >= 0.6 is 0 Å². The number of carbonyl (C=O) groups is 1. The molecule has 0 aliphatic carbocycles. The van der Waals surface area contributed by atoms with Crippen molar-refractivity contribution in [1.82, 2.24) is 4.31 Å². The highest BCUT2D eigenvalue weighted by Crippen LogP contribution is 2.27. The van der Waals surface area contributed by atoms with Crippen LogP contribution in [0.15, 0.2) is 29.2 Å². The van der Waals surface area contributed by atoms with Gasteiger partial charge in [-0.15, -0.1) is 0 Å². The maximum absolute atomic E-state index is 13.7. The standard InChI is InChI=1S/C19H15F6NO4S/c20-11-1-3-12(4-2-11)31(28,29)26-7-5-10(6-8-26)19(27)30-9-13-14(21)16(23)18(25)17(24)15(13)22/h1-4,10H,5-9H2. The summed E-state index contributed by atoms with van der Waals surface area (Å²) in [5.74, 6) is -13.2. The number of halogens is 6. The first-order chi connectivity index (χ1) is 14.5. The summed E-state index contributed by atoms with van der Waals surface area (Å²) in [6.07, 6.45) is 0.0206. The van der Waals surface area contributed by atoms with Crippen LogP contribution in [0.5, 0.6) is 0 Å². The molecule has 5 nitrogen and oxygen atoms in total. The monoisotopic (exact) mass is 467 g/mol. The molecule has 0 radical (unpaired) electrons. The summed E-state index contributed by atoms with van der Waals surface area (Å²) in [6.45, 7) is -1.33. The van der Waals surface area contributed by atoms with Crippen molar-refractivity contribution in [2.24, 2.45) is 5.92 Å². The first kappa shape index (κ1) is 23.1. The zero-order chi connectivity index (χ0) is 22.9. The first-order valence-electron chi connectivity index (χ1n) is 8.96. The Labute approximate surface area is 173 Å². The Morgan fingerprint density at radius 3 is 1.87 bits per heavy atom. The smallest absolute Gasteiger partial charge is 0.309 e. The van der Waals surface area contributed by atoms with Gasteiger partial charge in [-0.3, -0.25) is 4.79 Å². The van der Waals surface area contributed by atoms with Gasteiger partial charge >= 0.3 is 5.97 Å². The van der Waals surface area contributed by atoms with Crippen LogP contribution < -0.4 is 0 Å². The van der Waals surface area contributed by atoms with E-state index in [0.717, 1.165) is 28.6 Å². The largest absolute Gasteiger partial charge is 0.460 e. The fourth-order valence-electron chi connectivity index (χ4n) is 3.13. The molecule has 1 saturated heterocycles. The third-order valence-electron chi connectivity index (χ3n) is 4.90. The molecule has 0 bridgehead atoms. The molecule has 2 aromatic rings. The molecule has 168 valence electrons. The molecule has 0 aromatic heterocycles. The minimum atomic E-state index is -3.91. The van der Waals surface area contributed by atoms with Crippen molar-refractivity contribution in [3.63, 3.8) is 0 Å². The van der Waals surface area contributed by atoms with E-state index < -0.39 is 69.0 Å². The molecule has 0 amide bonds. The number of carbonyl (C=O) groups excluding carboxylic acids is 1. The van der Waals surface area contributed by atoms with Crippen LogP contribution in [0.3, 0.4) is 0 Å². The van der Waals surface area contributed by atoms with Crippen molar-refractivity contribution < 1.29 is 44.3 Å². The van der Waals surface area contributed by atoms with E-state index in [-0.39, 0.29) is 30.8 Å². The average molecular weight is 467 g/mol. The van der Waals surface area contributed by atoms with Gasteiger partial charge in [-0.1, -0.05) is 0 Å². The number of esters is 1. The van der Waals surface area contributed by atoms with Crippen LogP contribution in [-0.4, -0.2) is 31.8 Å². The van der Waals surface area contributed by atoms with E-state index in [1.165, 1.54) is 0 Å². The van der Waals surface area contributed by atoms with E-state index in [2.05, 4.69) is 0 Å². The Morgan fingerprint density at radius 2 is 1.35 bits per heavy atom.